The molecule has 0 aliphatic carbocycles. The Hall–Kier alpha value is -1.03. The largest absolute Gasteiger partial charge is 0.330 e. The molecule has 0 saturated carbocycles. The lowest BCUT2D eigenvalue weighted by atomic mass is 10.3. The average molecular weight is 276 g/mol. The SMILES string of the molecule is CN(CCCN)S(=O)(=O)NCCCc1ncn[nH]1. The highest BCUT2D eigenvalue weighted by molar-refractivity contribution is 7.87. The number of hydrogen-bond donors (Lipinski definition) is 3. The molecule has 0 aliphatic rings. The fraction of sp³-hybridized carbons (Fsp3) is 0.778. The van der Waals surface area contributed by atoms with Gasteiger partial charge in [-0.1, -0.05) is 0 Å². The first-order valence-electron chi connectivity index (χ1n) is 5.81. The first kappa shape index (κ1) is 15.0. The van der Waals surface area contributed by atoms with E-state index < -0.39 is 10.2 Å². The number of aromatic amines is 1. The molecule has 0 spiro atoms. The lowest BCUT2D eigenvalue weighted by molar-refractivity contribution is 0.452. The zero-order valence-corrected chi connectivity index (χ0v) is 11.3. The van der Waals surface area contributed by atoms with Crippen molar-refractivity contribution in [3.05, 3.63) is 12.2 Å². The van der Waals surface area contributed by atoms with E-state index in [1.807, 2.05) is 0 Å². The number of nitrogens with one attached hydrogen (secondary N) is 2. The van der Waals surface area contributed by atoms with Crippen molar-refractivity contribution in [2.24, 2.45) is 5.73 Å². The summed E-state index contributed by atoms with van der Waals surface area (Å²) < 4.78 is 27.3. The predicted octanol–water partition coefficient (Wildman–Crippen LogP) is -1.15. The Balaban J connectivity index is 2.24. The van der Waals surface area contributed by atoms with Crippen molar-refractivity contribution < 1.29 is 8.42 Å². The predicted molar refractivity (Wildman–Crippen MR) is 67.9 cm³/mol. The van der Waals surface area contributed by atoms with E-state index in [1.165, 1.54) is 17.7 Å². The van der Waals surface area contributed by atoms with Crippen molar-refractivity contribution in [3.63, 3.8) is 0 Å². The van der Waals surface area contributed by atoms with E-state index in [0.29, 0.717) is 38.9 Å². The van der Waals surface area contributed by atoms with Gasteiger partial charge in [-0.05, 0) is 19.4 Å². The van der Waals surface area contributed by atoms with Gasteiger partial charge in [0.2, 0.25) is 0 Å². The molecule has 104 valence electrons. The van der Waals surface area contributed by atoms with Gasteiger partial charge in [-0.3, -0.25) is 5.10 Å². The molecule has 0 atom stereocenters. The summed E-state index contributed by atoms with van der Waals surface area (Å²) in [5.41, 5.74) is 5.34. The van der Waals surface area contributed by atoms with Gasteiger partial charge >= 0.3 is 0 Å². The topological polar surface area (TPSA) is 117 Å². The van der Waals surface area contributed by atoms with Crippen LogP contribution < -0.4 is 10.5 Å². The van der Waals surface area contributed by atoms with E-state index in [-0.39, 0.29) is 0 Å². The third-order valence-electron chi connectivity index (χ3n) is 2.43. The number of aromatic nitrogens is 3. The molecule has 1 aromatic heterocycles. The second-order valence-corrected chi connectivity index (χ2v) is 5.76. The lowest BCUT2D eigenvalue weighted by Crippen LogP contribution is -2.39. The van der Waals surface area contributed by atoms with E-state index >= 15 is 0 Å². The van der Waals surface area contributed by atoms with Gasteiger partial charge in [0.15, 0.2) is 0 Å². The number of hydrogen-bond acceptors (Lipinski definition) is 5. The fourth-order valence-corrected chi connectivity index (χ4v) is 2.34. The molecule has 1 aromatic rings. The fourth-order valence-electron chi connectivity index (χ4n) is 1.35. The van der Waals surface area contributed by atoms with Gasteiger partial charge < -0.3 is 5.73 Å². The van der Waals surface area contributed by atoms with Gasteiger partial charge in [0.1, 0.15) is 12.2 Å². The Morgan fingerprint density at radius 3 is 2.89 bits per heavy atom. The highest BCUT2D eigenvalue weighted by Crippen LogP contribution is 1.97. The van der Waals surface area contributed by atoms with Crippen molar-refractivity contribution in [2.45, 2.75) is 19.3 Å². The molecule has 0 aliphatic heterocycles. The number of aryl methyl sites for hydroxylation is 1. The molecule has 0 aromatic carbocycles. The van der Waals surface area contributed by atoms with E-state index in [4.69, 9.17) is 5.73 Å². The van der Waals surface area contributed by atoms with Crippen LogP contribution in [-0.2, 0) is 16.6 Å². The molecule has 4 N–H and O–H groups in total. The van der Waals surface area contributed by atoms with Gasteiger partial charge in [0.25, 0.3) is 10.2 Å². The van der Waals surface area contributed by atoms with Gasteiger partial charge in [0, 0.05) is 26.6 Å². The van der Waals surface area contributed by atoms with Crippen LogP contribution in [-0.4, -0.2) is 54.6 Å². The molecule has 8 nitrogen and oxygen atoms in total. The van der Waals surface area contributed by atoms with Crippen molar-refractivity contribution in [1.82, 2.24) is 24.2 Å². The summed E-state index contributed by atoms with van der Waals surface area (Å²) in [4.78, 5) is 3.96. The first-order chi connectivity index (χ1) is 8.56. The van der Waals surface area contributed by atoms with Crippen LogP contribution in [0.1, 0.15) is 18.7 Å². The summed E-state index contributed by atoms with van der Waals surface area (Å²) in [7, 11) is -1.86. The summed E-state index contributed by atoms with van der Waals surface area (Å²) in [6.07, 6.45) is 3.41. The standard InChI is InChI=1S/C9H20N6O2S/c1-15(7-3-5-10)18(16,17)13-6-2-4-9-11-8-12-14-9/h8,13H,2-7,10H2,1H3,(H,11,12,14). The van der Waals surface area contributed by atoms with E-state index in [9.17, 15) is 8.42 Å². The molecule has 9 heteroatoms. The molecule has 18 heavy (non-hydrogen) atoms. The van der Waals surface area contributed by atoms with Gasteiger partial charge in [-0.2, -0.15) is 17.8 Å². The molecular weight excluding hydrogens is 256 g/mol. The van der Waals surface area contributed by atoms with Crippen molar-refractivity contribution in [2.75, 3.05) is 26.7 Å². The molecule has 0 radical (unpaired) electrons. The van der Waals surface area contributed by atoms with Crippen LogP contribution in [0.5, 0.6) is 0 Å². The second-order valence-electron chi connectivity index (χ2n) is 3.90. The van der Waals surface area contributed by atoms with Crippen molar-refractivity contribution >= 4 is 10.2 Å². The van der Waals surface area contributed by atoms with Crippen LogP contribution in [0.2, 0.25) is 0 Å². The van der Waals surface area contributed by atoms with Crippen LogP contribution in [0.4, 0.5) is 0 Å². The van der Waals surface area contributed by atoms with Gasteiger partial charge in [-0.15, -0.1) is 0 Å². The highest BCUT2D eigenvalue weighted by atomic mass is 32.2. The minimum Gasteiger partial charge on any atom is -0.330 e. The third kappa shape index (κ3) is 5.08. The Morgan fingerprint density at radius 1 is 1.50 bits per heavy atom. The number of rotatable bonds is 9. The monoisotopic (exact) mass is 276 g/mol. The third-order valence-corrected chi connectivity index (χ3v) is 4.00. The lowest BCUT2D eigenvalue weighted by Gasteiger charge is -2.17. The summed E-state index contributed by atoms with van der Waals surface area (Å²) in [6.45, 7) is 1.27. The molecular formula is C9H20N6O2S. The summed E-state index contributed by atoms with van der Waals surface area (Å²) in [6, 6.07) is 0. The van der Waals surface area contributed by atoms with Crippen LogP contribution in [0.15, 0.2) is 6.33 Å². The minimum absolute atomic E-state index is 0.371. The van der Waals surface area contributed by atoms with Crippen LogP contribution in [0.3, 0.4) is 0 Å². The van der Waals surface area contributed by atoms with Crippen molar-refractivity contribution in [1.29, 1.82) is 0 Å². The molecule has 1 heterocycles. The van der Waals surface area contributed by atoms with Crippen LogP contribution in [0, 0.1) is 0 Å². The zero-order chi connectivity index (χ0) is 13.4. The number of nitrogens with zero attached hydrogens (tertiary/aromatic N) is 3. The minimum atomic E-state index is -3.39. The van der Waals surface area contributed by atoms with Crippen LogP contribution in [0.25, 0.3) is 0 Å². The maximum Gasteiger partial charge on any atom is 0.279 e. The number of nitrogens with two attached hydrogens (primary N) is 1. The molecule has 0 amide bonds. The normalized spacial score (nSPS) is 12.2. The summed E-state index contributed by atoms with van der Waals surface area (Å²) >= 11 is 0. The Kier molecular flexibility index (Phi) is 6.19. The second kappa shape index (κ2) is 7.41. The highest BCUT2D eigenvalue weighted by Gasteiger charge is 2.15. The first-order valence-corrected chi connectivity index (χ1v) is 7.25. The van der Waals surface area contributed by atoms with E-state index in [2.05, 4.69) is 19.9 Å². The van der Waals surface area contributed by atoms with Gasteiger partial charge in [0.05, 0.1) is 0 Å². The summed E-state index contributed by atoms with van der Waals surface area (Å²) in [5, 5.41) is 6.44. The Morgan fingerprint density at radius 2 is 2.28 bits per heavy atom. The maximum atomic E-state index is 11.7. The Bertz CT molecular complexity index is 418. The molecule has 0 bridgehead atoms. The maximum absolute atomic E-state index is 11.7. The van der Waals surface area contributed by atoms with E-state index in [0.717, 1.165) is 5.82 Å². The Labute approximate surface area is 107 Å². The number of H-pyrrole nitrogens is 1. The van der Waals surface area contributed by atoms with Crippen LogP contribution >= 0.6 is 0 Å². The molecule has 1 rings (SSSR count). The quantitative estimate of drug-likeness (QED) is 0.492. The van der Waals surface area contributed by atoms with E-state index in [1.54, 1.807) is 0 Å². The zero-order valence-electron chi connectivity index (χ0n) is 10.5. The van der Waals surface area contributed by atoms with Gasteiger partial charge in [-0.25, -0.2) is 9.71 Å². The van der Waals surface area contributed by atoms with Crippen molar-refractivity contribution in [3.8, 4) is 0 Å². The molecule has 0 unspecified atom stereocenters. The average Bonchev–Trinajstić information content (AvgIpc) is 2.84. The summed E-state index contributed by atoms with van der Waals surface area (Å²) in [5.74, 6) is 0.755. The molecule has 0 fully saturated rings. The smallest absolute Gasteiger partial charge is 0.279 e. The molecule has 0 saturated heterocycles.